The highest BCUT2D eigenvalue weighted by atomic mass is 32.2. The van der Waals surface area contributed by atoms with E-state index in [0.29, 0.717) is 12.1 Å². The van der Waals surface area contributed by atoms with Crippen LogP contribution < -0.4 is 5.32 Å². The quantitative estimate of drug-likeness (QED) is 0.306. The van der Waals surface area contributed by atoms with E-state index < -0.39 is 20.0 Å². The molecule has 2 rings (SSSR count). The largest absolute Gasteiger partial charge is 0.316 e. The fourth-order valence-corrected chi connectivity index (χ4v) is 5.30. The second kappa shape index (κ2) is 12.9. The van der Waals surface area contributed by atoms with Crippen molar-refractivity contribution in [2.24, 2.45) is 0 Å². The van der Waals surface area contributed by atoms with E-state index in [2.05, 4.69) is 22.0 Å². The fraction of sp³-hybridized carbons (Fsp3) is 0.714. The molecule has 2 N–H and O–H groups in total. The van der Waals surface area contributed by atoms with Crippen LogP contribution >= 0.6 is 0 Å². The van der Waals surface area contributed by atoms with Gasteiger partial charge in [0.1, 0.15) is 0 Å². The summed E-state index contributed by atoms with van der Waals surface area (Å²) in [6, 6.07) is 6.17. The van der Waals surface area contributed by atoms with E-state index in [4.69, 9.17) is 4.55 Å². The van der Waals surface area contributed by atoms with Crippen LogP contribution in [0.2, 0.25) is 0 Å². The average molecular weight is 476 g/mol. The number of aryl methyl sites for hydroxylation is 1. The van der Waals surface area contributed by atoms with Gasteiger partial charge in [-0.3, -0.25) is 4.55 Å². The molecule has 1 aromatic rings. The number of piperazine rings is 1. The Morgan fingerprint density at radius 1 is 0.871 bits per heavy atom. The van der Waals surface area contributed by atoms with E-state index in [0.717, 1.165) is 45.7 Å². The Kier molecular flexibility index (Phi) is 10.9. The summed E-state index contributed by atoms with van der Waals surface area (Å²) >= 11 is 0. The Balaban J connectivity index is 1.61. The molecule has 1 aliphatic heterocycles. The summed E-state index contributed by atoms with van der Waals surface area (Å²) in [5.74, 6) is -0.356. The zero-order chi connectivity index (χ0) is 22.7. The maximum atomic E-state index is 12.5. The highest BCUT2D eigenvalue weighted by Gasteiger charge is 2.16. The third-order valence-electron chi connectivity index (χ3n) is 5.60. The normalized spacial score (nSPS) is 16.6. The molecule has 0 aliphatic carbocycles. The lowest BCUT2D eigenvalue weighted by Crippen LogP contribution is -2.47. The van der Waals surface area contributed by atoms with Gasteiger partial charge in [0.2, 0.25) is 0 Å². The predicted octanol–water partition coefficient (Wildman–Crippen LogP) is 1.29. The Morgan fingerprint density at radius 3 is 2.00 bits per heavy atom. The summed E-state index contributed by atoms with van der Waals surface area (Å²) in [7, 11) is -7.41. The lowest BCUT2D eigenvalue weighted by atomic mass is 10.2. The molecule has 8 nitrogen and oxygen atoms in total. The van der Waals surface area contributed by atoms with Gasteiger partial charge in [-0.2, -0.15) is 8.42 Å². The van der Waals surface area contributed by atoms with Crippen LogP contribution in [0.1, 0.15) is 31.7 Å². The number of benzene rings is 1. The molecule has 10 heteroatoms. The van der Waals surface area contributed by atoms with Gasteiger partial charge in [0.15, 0.2) is 9.84 Å². The van der Waals surface area contributed by atoms with Crippen LogP contribution in [-0.2, 0) is 26.4 Å². The summed E-state index contributed by atoms with van der Waals surface area (Å²) in [6.45, 7) is 10.1. The van der Waals surface area contributed by atoms with Crippen LogP contribution in [0.3, 0.4) is 0 Å². The van der Waals surface area contributed by atoms with Crippen molar-refractivity contribution in [3.8, 4) is 0 Å². The minimum absolute atomic E-state index is 0.0213. The van der Waals surface area contributed by atoms with Gasteiger partial charge >= 0.3 is 0 Å². The van der Waals surface area contributed by atoms with Gasteiger partial charge < -0.3 is 15.1 Å². The van der Waals surface area contributed by atoms with Crippen molar-refractivity contribution in [1.29, 1.82) is 0 Å². The molecule has 0 bridgehead atoms. The van der Waals surface area contributed by atoms with E-state index in [1.807, 2.05) is 0 Å². The lowest BCUT2D eigenvalue weighted by molar-refractivity contribution is 0.130. The van der Waals surface area contributed by atoms with Crippen molar-refractivity contribution in [2.45, 2.75) is 37.5 Å². The minimum Gasteiger partial charge on any atom is -0.316 e. The average Bonchev–Trinajstić information content (AvgIpc) is 2.74. The van der Waals surface area contributed by atoms with E-state index in [1.165, 1.54) is 31.5 Å². The summed E-state index contributed by atoms with van der Waals surface area (Å²) in [4.78, 5) is 5.24. The van der Waals surface area contributed by atoms with Crippen molar-refractivity contribution in [3.05, 3.63) is 29.8 Å². The number of nitrogens with one attached hydrogen (secondary N) is 1. The molecule has 0 saturated carbocycles. The fourth-order valence-electron chi connectivity index (χ4n) is 3.61. The zero-order valence-corrected chi connectivity index (χ0v) is 20.1. The highest BCUT2D eigenvalue weighted by Crippen LogP contribution is 2.13. The molecule has 0 amide bonds. The molecule has 1 saturated heterocycles. The Bertz CT molecular complexity index is 850. The van der Waals surface area contributed by atoms with E-state index >= 15 is 0 Å². The third kappa shape index (κ3) is 10.4. The summed E-state index contributed by atoms with van der Waals surface area (Å²) in [6.07, 6.45) is 3.65. The number of hydrogen-bond donors (Lipinski definition) is 2. The van der Waals surface area contributed by atoms with Crippen molar-refractivity contribution in [2.75, 3.05) is 63.9 Å². The number of hydrogen-bond acceptors (Lipinski definition) is 7. The molecule has 0 atom stereocenters. The molecule has 178 valence electrons. The number of rotatable bonds is 14. The molecular formula is C21H37N3O5S2. The maximum Gasteiger partial charge on any atom is 0.265 e. The Labute approximate surface area is 187 Å². The van der Waals surface area contributed by atoms with Gasteiger partial charge in [-0.05, 0) is 56.6 Å². The van der Waals surface area contributed by atoms with Crippen LogP contribution in [0, 0.1) is 0 Å². The molecule has 1 aromatic carbocycles. The van der Waals surface area contributed by atoms with Crippen molar-refractivity contribution in [3.63, 3.8) is 0 Å². The van der Waals surface area contributed by atoms with E-state index in [-0.39, 0.29) is 22.8 Å². The number of sulfone groups is 1. The third-order valence-corrected chi connectivity index (χ3v) is 8.05. The summed E-state index contributed by atoms with van der Waals surface area (Å²) in [5.41, 5.74) is 0.667. The first kappa shape index (κ1) is 26.2. The maximum absolute atomic E-state index is 12.5. The van der Waals surface area contributed by atoms with Crippen molar-refractivity contribution < 1.29 is 21.4 Å². The van der Waals surface area contributed by atoms with E-state index in [9.17, 15) is 16.8 Å². The first-order chi connectivity index (χ1) is 14.7. The lowest BCUT2D eigenvalue weighted by Gasteiger charge is -2.34. The monoisotopic (exact) mass is 475 g/mol. The van der Waals surface area contributed by atoms with Crippen LogP contribution in [0.25, 0.3) is 0 Å². The standard InChI is InChI=1S/C21H37N3O5S2/c1-2-3-12-23-14-16-24(17-15-23)13-4-10-22-11-19-30(25,26)21-7-5-20(6-8-21)9-18-31(27,28)29/h5-8,22H,2-4,9-19H2,1H3,(H,27,28,29). The smallest absolute Gasteiger partial charge is 0.265 e. The molecule has 0 radical (unpaired) electrons. The Morgan fingerprint density at radius 2 is 1.45 bits per heavy atom. The summed E-state index contributed by atoms with van der Waals surface area (Å²) in [5, 5.41) is 3.23. The molecule has 0 aromatic heterocycles. The van der Waals surface area contributed by atoms with Crippen LogP contribution in [0.4, 0.5) is 0 Å². The number of nitrogens with zero attached hydrogens (tertiary/aromatic N) is 2. The first-order valence-corrected chi connectivity index (χ1v) is 14.4. The number of unbranched alkanes of at least 4 members (excludes halogenated alkanes) is 1. The second-order valence-corrected chi connectivity index (χ2v) is 11.8. The molecule has 1 fully saturated rings. The van der Waals surface area contributed by atoms with Gasteiger partial charge in [-0.25, -0.2) is 8.42 Å². The minimum atomic E-state index is -4.03. The molecule has 0 spiro atoms. The predicted molar refractivity (Wildman–Crippen MR) is 124 cm³/mol. The molecule has 1 heterocycles. The topological polar surface area (TPSA) is 107 Å². The van der Waals surface area contributed by atoms with Crippen molar-refractivity contribution >= 4 is 20.0 Å². The van der Waals surface area contributed by atoms with Gasteiger partial charge in [0.25, 0.3) is 10.1 Å². The van der Waals surface area contributed by atoms with Crippen LogP contribution in [0.15, 0.2) is 29.2 Å². The Hall–Kier alpha value is -1.04. The molecular weight excluding hydrogens is 438 g/mol. The first-order valence-electron chi connectivity index (χ1n) is 11.1. The van der Waals surface area contributed by atoms with Crippen molar-refractivity contribution in [1.82, 2.24) is 15.1 Å². The van der Waals surface area contributed by atoms with Gasteiger partial charge in [0, 0.05) is 32.7 Å². The second-order valence-electron chi connectivity index (χ2n) is 8.14. The van der Waals surface area contributed by atoms with Gasteiger partial charge in [-0.1, -0.05) is 25.5 Å². The van der Waals surface area contributed by atoms with Crippen LogP contribution in [0.5, 0.6) is 0 Å². The molecule has 0 unspecified atom stereocenters. The van der Waals surface area contributed by atoms with Gasteiger partial charge in [0.05, 0.1) is 16.4 Å². The summed E-state index contributed by atoms with van der Waals surface area (Å²) < 4.78 is 55.3. The highest BCUT2D eigenvalue weighted by molar-refractivity contribution is 7.91. The van der Waals surface area contributed by atoms with Crippen LogP contribution in [-0.4, -0.2) is 95.1 Å². The molecule has 1 aliphatic rings. The molecule has 31 heavy (non-hydrogen) atoms. The SMILES string of the molecule is CCCCN1CCN(CCCNCCS(=O)(=O)c2ccc(CCS(=O)(=O)O)cc2)CC1. The van der Waals surface area contributed by atoms with Gasteiger partial charge in [-0.15, -0.1) is 0 Å². The van der Waals surface area contributed by atoms with E-state index in [1.54, 1.807) is 12.1 Å². The zero-order valence-electron chi connectivity index (χ0n) is 18.5.